The Bertz CT molecular complexity index is 1140. The molecule has 0 fully saturated rings. The maximum atomic E-state index is 14.6. The largest absolute Gasteiger partial charge is 0.496 e. The minimum absolute atomic E-state index is 0.160. The molecule has 33 heavy (non-hydrogen) atoms. The van der Waals surface area contributed by atoms with Gasteiger partial charge in [-0.3, -0.25) is 9.69 Å². The molecule has 2 aromatic carbocycles. The van der Waals surface area contributed by atoms with Crippen molar-refractivity contribution < 1.29 is 23.8 Å². The first-order valence-electron chi connectivity index (χ1n) is 10.6. The van der Waals surface area contributed by atoms with Crippen LogP contribution in [0, 0.1) is 12.7 Å². The standard InChI is InChI=1S/C24H29FN4O4/c1-14-7-6-8-19(22(14)25)28-23-18-9-17(21(33-5)10-20(18)26-13-27-23)11-29(15(2)12-32-4)16(3)24(30)31/h6-10,13,15-16H,11-12H2,1-5H3,(H,30,31)(H,26,27,28). The van der Waals surface area contributed by atoms with Gasteiger partial charge >= 0.3 is 5.97 Å². The van der Waals surface area contributed by atoms with Gasteiger partial charge in [-0.15, -0.1) is 0 Å². The molecule has 1 heterocycles. The minimum Gasteiger partial charge on any atom is -0.496 e. The molecule has 0 aliphatic carbocycles. The maximum Gasteiger partial charge on any atom is 0.320 e. The highest BCUT2D eigenvalue weighted by molar-refractivity contribution is 5.92. The summed E-state index contributed by atoms with van der Waals surface area (Å²) in [6.45, 7) is 5.91. The van der Waals surface area contributed by atoms with Crippen molar-refractivity contribution in [2.45, 2.75) is 39.4 Å². The van der Waals surface area contributed by atoms with E-state index >= 15 is 0 Å². The van der Waals surface area contributed by atoms with Gasteiger partial charge in [-0.25, -0.2) is 14.4 Å². The first kappa shape index (κ1) is 24.3. The second-order valence-corrected chi connectivity index (χ2v) is 7.96. The van der Waals surface area contributed by atoms with Gasteiger partial charge in [0.05, 0.1) is 24.9 Å². The second kappa shape index (κ2) is 10.5. The molecule has 9 heteroatoms. The molecule has 1 aromatic heterocycles. The number of hydrogen-bond donors (Lipinski definition) is 2. The molecule has 2 N–H and O–H groups in total. The van der Waals surface area contributed by atoms with Crippen LogP contribution >= 0.6 is 0 Å². The van der Waals surface area contributed by atoms with Crippen LogP contribution in [-0.4, -0.2) is 58.9 Å². The lowest BCUT2D eigenvalue weighted by atomic mass is 10.1. The number of carboxylic acid groups (broad SMARTS) is 1. The van der Waals surface area contributed by atoms with Crippen LogP contribution in [0.4, 0.5) is 15.9 Å². The first-order chi connectivity index (χ1) is 15.8. The normalized spacial score (nSPS) is 13.2. The van der Waals surface area contributed by atoms with Crippen LogP contribution in [0.15, 0.2) is 36.7 Å². The van der Waals surface area contributed by atoms with Gasteiger partial charge in [0.2, 0.25) is 0 Å². The van der Waals surface area contributed by atoms with E-state index in [-0.39, 0.29) is 11.9 Å². The van der Waals surface area contributed by atoms with E-state index in [2.05, 4.69) is 15.3 Å². The lowest BCUT2D eigenvalue weighted by Crippen LogP contribution is -2.45. The van der Waals surface area contributed by atoms with Crippen molar-refractivity contribution in [3.05, 3.63) is 53.6 Å². The summed E-state index contributed by atoms with van der Waals surface area (Å²) < 4.78 is 25.4. The number of halogens is 1. The number of aromatic nitrogens is 2. The molecule has 2 unspecified atom stereocenters. The summed E-state index contributed by atoms with van der Waals surface area (Å²) in [7, 11) is 3.13. The van der Waals surface area contributed by atoms with E-state index in [0.717, 1.165) is 5.56 Å². The van der Waals surface area contributed by atoms with E-state index in [1.807, 2.05) is 17.9 Å². The zero-order valence-electron chi connectivity index (χ0n) is 19.4. The zero-order valence-corrected chi connectivity index (χ0v) is 19.4. The van der Waals surface area contributed by atoms with Gasteiger partial charge in [0, 0.05) is 36.7 Å². The van der Waals surface area contributed by atoms with Crippen LogP contribution in [0.3, 0.4) is 0 Å². The molecule has 0 aliphatic rings. The summed E-state index contributed by atoms with van der Waals surface area (Å²) in [6.07, 6.45) is 1.40. The molecule has 8 nitrogen and oxygen atoms in total. The number of anilines is 2. The number of nitrogens with one attached hydrogen (secondary N) is 1. The summed E-state index contributed by atoms with van der Waals surface area (Å²) >= 11 is 0. The van der Waals surface area contributed by atoms with Crippen LogP contribution < -0.4 is 10.1 Å². The monoisotopic (exact) mass is 456 g/mol. The third kappa shape index (κ3) is 5.37. The minimum atomic E-state index is -0.932. The molecule has 0 bridgehead atoms. The topological polar surface area (TPSA) is 96.8 Å². The number of rotatable bonds is 10. The molecule has 176 valence electrons. The summed E-state index contributed by atoms with van der Waals surface area (Å²) in [4.78, 5) is 22.2. The molecule has 0 amide bonds. The number of carboxylic acids is 1. The average molecular weight is 457 g/mol. The van der Waals surface area contributed by atoms with E-state index in [9.17, 15) is 14.3 Å². The Balaban J connectivity index is 2.06. The molecule has 0 aliphatic heterocycles. The third-order valence-electron chi connectivity index (χ3n) is 5.66. The van der Waals surface area contributed by atoms with Gasteiger partial charge < -0.3 is 19.9 Å². The van der Waals surface area contributed by atoms with Gasteiger partial charge in [0.15, 0.2) is 0 Å². The predicted octanol–water partition coefficient (Wildman–Crippen LogP) is 4.14. The Morgan fingerprint density at radius 2 is 2.00 bits per heavy atom. The van der Waals surface area contributed by atoms with E-state index in [1.54, 1.807) is 52.3 Å². The predicted molar refractivity (Wildman–Crippen MR) is 124 cm³/mol. The van der Waals surface area contributed by atoms with Gasteiger partial charge in [-0.1, -0.05) is 12.1 Å². The molecule has 3 rings (SSSR count). The van der Waals surface area contributed by atoms with Gasteiger partial charge in [-0.2, -0.15) is 0 Å². The fraction of sp³-hybridized carbons (Fsp3) is 0.375. The average Bonchev–Trinajstić information content (AvgIpc) is 2.79. The maximum absolute atomic E-state index is 14.6. The number of ether oxygens (including phenoxy) is 2. The number of nitrogens with zero attached hydrogens (tertiary/aromatic N) is 3. The Labute approximate surface area is 192 Å². The highest BCUT2D eigenvalue weighted by Crippen LogP contribution is 2.32. The van der Waals surface area contributed by atoms with Crippen LogP contribution in [0.1, 0.15) is 25.0 Å². The molecular weight excluding hydrogens is 427 g/mol. The van der Waals surface area contributed by atoms with Crippen molar-refractivity contribution in [2.75, 3.05) is 26.1 Å². The smallest absolute Gasteiger partial charge is 0.320 e. The fourth-order valence-corrected chi connectivity index (χ4v) is 3.76. The second-order valence-electron chi connectivity index (χ2n) is 7.96. The number of hydrogen-bond acceptors (Lipinski definition) is 7. The Kier molecular flexibility index (Phi) is 7.78. The lowest BCUT2D eigenvalue weighted by Gasteiger charge is -2.32. The quantitative estimate of drug-likeness (QED) is 0.470. The van der Waals surface area contributed by atoms with Crippen LogP contribution in [0.5, 0.6) is 5.75 Å². The highest BCUT2D eigenvalue weighted by Gasteiger charge is 2.27. The Morgan fingerprint density at radius 1 is 1.24 bits per heavy atom. The summed E-state index contributed by atoms with van der Waals surface area (Å²) in [5.41, 5.74) is 2.20. The number of aryl methyl sites for hydroxylation is 1. The number of aliphatic carboxylic acids is 1. The third-order valence-corrected chi connectivity index (χ3v) is 5.66. The van der Waals surface area contributed by atoms with Crippen molar-refractivity contribution in [1.82, 2.24) is 14.9 Å². The Hall–Kier alpha value is -3.30. The summed E-state index contributed by atoms with van der Waals surface area (Å²) in [5, 5.41) is 13.4. The van der Waals surface area contributed by atoms with Crippen molar-refractivity contribution >= 4 is 28.4 Å². The summed E-state index contributed by atoms with van der Waals surface area (Å²) in [5.74, 6) is -0.275. The van der Waals surface area contributed by atoms with Crippen molar-refractivity contribution in [3.8, 4) is 5.75 Å². The fourth-order valence-electron chi connectivity index (χ4n) is 3.76. The van der Waals surface area contributed by atoms with Gasteiger partial charge in [-0.05, 0) is 38.5 Å². The molecule has 0 radical (unpaired) electrons. The number of benzene rings is 2. The number of fused-ring (bicyclic) bond motifs is 1. The lowest BCUT2D eigenvalue weighted by molar-refractivity contribution is -0.144. The molecule has 2 atom stereocenters. The number of methoxy groups -OCH3 is 2. The molecule has 0 saturated carbocycles. The molecule has 0 spiro atoms. The number of carbonyl (C=O) groups is 1. The van der Waals surface area contributed by atoms with Crippen molar-refractivity contribution in [2.24, 2.45) is 0 Å². The highest BCUT2D eigenvalue weighted by atomic mass is 19.1. The van der Waals surface area contributed by atoms with Crippen LogP contribution in [0.25, 0.3) is 10.9 Å². The molecular formula is C24H29FN4O4. The van der Waals surface area contributed by atoms with E-state index in [1.165, 1.54) is 6.33 Å². The van der Waals surface area contributed by atoms with E-state index in [4.69, 9.17) is 9.47 Å². The van der Waals surface area contributed by atoms with Crippen molar-refractivity contribution in [3.63, 3.8) is 0 Å². The van der Waals surface area contributed by atoms with Gasteiger partial charge in [0.25, 0.3) is 0 Å². The zero-order chi connectivity index (χ0) is 24.1. The van der Waals surface area contributed by atoms with Gasteiger partial charge in [0.1, 0.15) is 29.8 Å². The molecule has 0 saturated heterocycles. The van der Waals surface area contributed by atoms with E-state index in [0.29, 0.717) is 46.9 Å². The first-order valence-corrected chi connectivity index (χ1v) is 10.6. The van der Waals surface area contributed by atoms with Crippen molar-refractivity contribution in [1.29, 1.82) is 0 Å². The van der Waals surface area contributed by atoms with Crippen LogP contribution in [-0.2, 0) is 16.1 Å². The van der Waals surface area contributed by atoms with E-state index < -0.39 is 12.0 Å². The summed E-state index contributed by atoms with van der Waals surface area (Å²) in [6, 6.07) is 7.82. The Morgan fingerprint density at radius 3 is 2.67 bits per heavy atom. The van der Waals surface area contributed by atoms with Crippen LogP contribution in [0.2, 0.25) is 0 Å². The SMILES string of the molecule is COCC(C)N(Cc1cc2c(Nc3cccc(C)c3F)ncnc2cc1OC)C(C)C(=O)O. The molecule has 3 aromatic rings.